The van der Waals surface area contributed by atoms with Crippen molar-refractivity contribution in [3.63, 3.8) is 0 Å². The first kappa shape index (κ1) is 21.5. The number of likely N-dealkylation sites (tertiary alicyclic amines) is 1. The number of ether oxygens (including phenoxy) is 2. The summed E-state index contributed by atoms with van der Waals surface area (Å²) in [6.45, 7) is 2.83. The van der Waals surface area contributed by atoms with Crippen molar-refractivity contribution in [3.05, 3.63) is 50.4 Å². The lowest BCUT2D eigenvalue weighted by atomic mass is 9.90. The van der Waals surface area contributed by atoms with Gasteiger partial charge in [0.25, 0.3) is 5.56 Å². The van der Waals surface area contributed by atoms with Crippen LogP contribution in [-0.2, 0) is 25.8 Å². The Hall–Kier alpha value is -2.38. The van der Waals surface area contributed by atoms with Crippen LogP contribution in [-0.4, -0.2) is 42.2 Å². The first-order valence-corrected chi connectivity index (χ1v) is 12.4. The zero-order valence-corrected chi connectivity index (χ0v) is 19.7. The number of hydrogen-bond acceptors (Lipinski definition) is 6. The van der Waals surface area contributed by atoms with E-state index in [1.165, 1.54) is 41.7 Å². The smallest absolute Gasteiger partial charge is 0.259 e. The number of thiophene rings is 1. The molecule has 32 heavy (non-hydrogen) atoms. The van der Waals surface area contributed by atoms with Crippen molar-refractivity contribution in [1.82, 2.24) is 14.9 Å². The van der Waals surface area contributed by atoms with E-state index in [1.54, 1.807) is 25.6 Å². The molecule has 0 bridgehead atoms. The minimum absolute atomic E-state index is 0.0491. The van der Waals surface area contributed by atoms with Crippen LogP contribution in [0.25, 0.3) is 10.2 Å². The van der Waals surface area contributed by atoms with Crippen molar-refractivity contribution in [3.8, 4) is 11.5 Å². The summed E-state index contributed by atoms with van der Waals surface area (Å²) in [5, 5.41) is 0.846. The summed E-state index contributed by atoms with van der Waals surface area (Å²) in [5.74, 6) is 3.23. The summed E-state index contributed by atoms with van der Waals surface area (Å²) >= 11 is 1.72. The molecule has 1 aromatic carbocycles. The molecule has 1 aliphatic heterocycles. The van der Waals surface area contributed by atoms with E-state index >= 15 is 0 Å². The third kappa shape index (κ3) is 4.41. The van der Waals surface area contributed by atoms with Gasteiger partial charge in [-0.1, -0.05) is 0 Å². The van der Waals surface area contributed by atoms with Gasteiger partial charge in [0.1, 0.15) is 22.2 Å². The standard InChI is InChI=1S/C25H31N3O3S/c1-30-18-12-17(13-19(14-18)31-2)7-6-16-8-10-28(11-9-16)15-22-26-24(29)23-20-4-3-5-21(20)32-25(23)27-22/h12-14,16H,3-11,15H2,1-2H3,(H,26,27,29). The second-order valence-corrected chi connectivity index (χ2v) is 10.1. The van der Waals surface area contributed by atoms with Gasteiger partial charge in [-0.05, 0) is 87.2 Å². The number of rotatable bonds is 7. The van der Waals surface area contributed by atoms with Crippen LogP contribution in [0.2, 0.25) is 0 Å². The highest BCUT2D eigenvalue weighted by Crippen LogP contribution is 2.34. The van der Waals surface area contributed by atoms with Crippen molar-refractivity contribution >= 4 is 21.6 Å². The number of fused-ring (bicyclic) bond motifs is 3. The molecule has 0 amide bonds. The summed E-state index contributed by atoms with van der Waals surface area (Å²) in [6.07, 6.45) is 7.86. The van der Waals surface area contributed by atoms with Gasteiger partial charge in [0.2, 0.25) is 0 Å². The molecule has 0 spiro atoms. The molecule has 1 N–H and O–H groups in total. The average molecular weight is 454 g/mol. The van der Waals surface area contributed by atoms with Gasteiger partial charge in [-0.25, -0.2) is 4.98 Å². The van der Waals surface area contributed by atoms with E-state index in [0.29, 0.717) is 0 Å². The fourth-order valence-electron chi connectivity index (χ4n) is 5.15. The second-order valence-electron chi connectivity index (χ2n) is 9.03. The maximum Gasteiger partial charge on any atom is 0.259 e. The predicted octanol–water partition coefficient (Wildman–Crippen LogP) is 4.34. The van der Waals surface area contributed by atoms with Crippen molar-refractivity contribution in [2.45, 2.75) is 51.5 Å². The Balaban J connectivity index is 1.17. The summed E-state index contributed by atoms with van der Waals surface area (Å²) < 4.78 is 10.8. The number of piperidine rings is 1. The topological polar surface area (TPSA) is 67.5 Å². The summed E-state index contributed by atoms with van der Waals surface area (Å²) in [6, 6.07) is 6.13. The lowest BCUT2D eigenvalue weighted by Gasteiger charge is -2.31. The van der Waals surface area contributed by atoms with E-state index in [0.717, 1.165) is 72.4 Å². The van der Waals surface area contributed by atoms with Gasteiger partial charge in [0.05, 0.1) is 26.2 Å². The molecule has 0 saturated carbocycles. The number of H-pyrrole nitrogens is 1. The van der Waals surface area contributed by atoms with Crippen LogP contribution in [0.5, 0.6) is 11.5 Å². The number of aromatic nitrogens is 2. The van der Waals surface area contributed by atoms with Crippen LogP contribution < -0.4 is 15.0 Å². The Morgan fingerprint density at radius 3 is 2.59 bits per heavy atom. The van der Waals surface area contributed by atoms with Gasteiger partial charge >= 0.3 is 0 Å². The average Bonchev–Trinajstić information content (AvgIpc) is 3.39. The summed E-state index contributed by atoms with van der Waals surface area (Å²) in [4.78, 5) is 25.3. The monoisotopic (exact) mass is 453 g/mol. The van der Waals surface area contributed by atoms with Gasteiger partial charge in [-0.15, -0.1) is 11.3 Å². The first-order valence-electron chi connectivity index (χ1n) is 11.6. The molecule has 3 heterocycles. The Morgan fingerprint density at radius 1 is 1.12 bits per heavy atom. The van der Waals surface area contributed by atoms with E-state index in [9.17, 15) is 4.79 Å². The maximum absolute atomic E-state index is 12.7. The molecule has 170 valence electrons. The number of nitrogens with one attached hydrogen (secondary N) is 1. The normalized spacial score (nSPS) is 17.1. The molecule has 2 aliphatic rings. The molecule has 6 nitrogen and oxygen atoms in total. The van der Waals surface area contributed by atoms with E-state index in [1.807, 2.05) is 6.07 Å². The van der Waals surface area contributed by atoms with Gasteiger partial charge in [-0.3, -0.25) is 9.69 Å². The third-order valence-electron chi connectivity index (χ3n) is 6.96. The molecule has 1 aliphatic carbocycles. The summed E-state index contributed by atoms with van der Waals surface area (Å²) in [7, 11) is 3.39. The molecule has 0 unspecified atom stereocenters. The molecule has 1 fully saturated rings. The highest BCUT2D eigenvalue weighted by atomic mass is 32.1. The largest absolute Gasteiger partial charge is 0.497 e. The predicted molar refractivity (Wildman–Crippen MR) is 128 cm³/mol. The van der Waals surface area contributed by atoms with Crippen LogP contribution in [0.1, 0.15) is 47.5 Å². The van der Waals surface area contributed by atoms with E-state index in [-0.39, 0.29) is 5.56 Å². The zero-order chi connectivity index (χ0) is 22.1. The number of benzene rings is 1. The molecule has 3 aromatic rings. The fourth-order valence-corrected chi connectivity index (χ4v) is 6.43. The Kier molecular flexibility index (Phi) is 6.20. The molecule has 5 rings (SSSR count). The van der Waals surface area contributed by atoms with Crippen molar-refractivity contribution in [2.75, 3.05) is 27.3 Å². The zero-order valence-electron chi connectivity index (χ0n) is 18.9. The van der Waals surface area contributed by atoms with Crippen molar-refractivity contribution in [2.24, 2.45) is 5.92 Å². The van der Waals surface area contributed by atoms with Crippen LogP contribution in [0.15, 0.2) is 23.0 Å². The lowest BCUT2D eigenvalue weighted by Crippen LogP contribution is -2.34. The van der Waals surface area contributed by atoms with Gasteiger partial charge in [-0.2, -0.15) is 0 Å². The van der Waals surface area contributed by atoms with Gasteiger partial charge in [0.15, 0.2) is 0 Å². The Labute approximate surface area is 192 Å². The highest BCUT2D eigenvalue weighted by molar-refractivity contribution is 7.18. The molecular weight excluding hydrogens is 422 g/mol. The van der Waals surface area contributed by atoms with Crippen molar-refractivity contribution < 1.29 is 9.47 Å². The molecule has 1 saturated heterocycles. The molecule has 7 heteroatoms. The van der Waals surface area contributed by atoms with Crippen LogP contribution >= 0.6 is 11.3 Å². The number of nitrogens with zero attached hydrogens (tertiary/aromatic N) is 2. The van der Waals surface area contributed by atoms with Crippen LogP contribution in [0.4, 0.5) is 0 Å². The Morgan fingerprint density at radius 2 is 1.88 bits per heavy atom. The van der Waals surface area contributed by atoms with Gasteiger partial charge in [0, 0.05) is 10.9 Å². The van der Waals surface area contributed by atoms with Crippen LogP contribution in [0, 0.1) is 5.92 Å². The third-order valence-corrected chi connectivity index (χ3v) is 8.14. The second kappa shape index (κ2) is 9.24. The molecule has 0 atom stereocenters. The maximum atomic E-state index is 12.7. The van der Waals surface area contributed by atoms with E-state index in [4.69, 9.17) is 14.5 Å². The number of aryl methyl sites for hydroxylation is 3. The minimum Gasteiger partial charge on any atom is -0.497 e. The number of methoxy groups -OCH3 is 2. The first-order chi connectivity index (χ1) is 15.6. The Bertz CT molecular complexity index is 1140. The summed E-state index contributed by atoms with van der Waals surface area (Å²) in [5.41, 5.74) is 2.56. The minimum atomic E-state index is 0.0491. The van der Waals surface area contributed by atoms with E-state index in [2.05, 4.69) is 22.0 Å². The molecule has 0 radical (unpaired) electrons. The quantitative estimate of drug-likeness (QED) is 0.577. The van der Waals surface area contributed by atoms with Gasteiger partial charge < -0.3 is 14.5 Å². The number of hydrogen-bond donors (Lipinski definition) is 1. The fraction of sp³-hybridized carbons (Fsp3) is 0.520. The molecular formula is C25H31N3O3S. The SMILES string of the molecule is COc1cc(CCC2CCN(Cc3nc4sc5c(c4c(=O)[nH]3)CCC5)CC2)cc(OC)c1. The number of aromatic amines is 1. The van der Waals surface area contributed by atoms with E-state index < -0.39 is 0 Å². The van der Waals surface area contributed by atoms with Crippen molar-refractivity contribution in [1.29, 1.82) is 0 Å². The van der Waals surface area contributed by atoms with Crippen LogP contribution in [0.3, 0.4) is 0 Å². The lowest BCUT2D eigenvalue weighted by molar-refractivity contribution is 0.169. The molecule has 2 aromatic heterocycles. The highest BCUT2D eigenvalue weighted by Gasteiger charge is 2.23.